The molecule has 40 heavy (non-hydrogen) atoms. The van der Waals surface area contributed by atoms with Gasteiger partial charge in [0.2, 0.25) is 5.91 Å². The van der Waals surface area contributed by atoms with E-state index in [0.717, 1.165) is 11.1 Å². The fraction of sp³-hybridized carbons (Fsp3) is 0.433. The Bertz CT molecular complexity index is 1390. The lowest BCUT2D eigenvalue weighted by Crippen LogP contribution is -2.78. The molecule has 6 rings (SSSR count). The Balaban J connectivity index is 1.31. The van der Waals surface area contributed by atoms with Gasteiger partial charge in [0.25, 0.3) is 0 Å². The SMILES string of the molecule is C=CCN1CC[C@]23c4c5ccc(O)c4OC2C(N(C)C(=O)/C=C/c2cccc(OC(F)(F)F)c2)CC[C@@]3(O)[C@H]1C5. The van der Waals surface area contributed by atoms with E-state index in [0.29, 0.717) is 50.1 Å². The molecule has 2 heterocycles. The van der Waals surface area contributed by atoms with Crippen molar-refractivity contribution in [2.24, 2.45) is 0 Å². The highest BCUT2D eigenvalue weighted by atomic mass is 19.4. The number of hydrogen-bond donors (Lipinski definition) is 2. The maximum atomic E-state index is 13.3. The normalized spacial score (nSPS) is 30.5. The van der Waals surface area contributed by atoms with Crippen LogP contribution in [0.2, 0.25) is 0 Å². The molecule has 1 saturated heterocycles. The van der Waals surface area contributed by atoms with Crippen LogP contribution in [0.15, 0.2) is 55.1 Å². The monoisotopic (exact) mass is 556 g/mol. The summed E-state index contributed by atoms with van der Waals surface area (Å²) < 4.78 is 48.3. The molecule has 1 saturated carbocycles. The summed E-state index contributed by atoms with van der Waals surface area (Å²) in [6.07, 6.45) is 1.37. The van der Waals surface area contributed by atoms with E-state index in [4.69, 9.17) is 4.74 Å². The van der Waals surface area contributed by atoms with Crippen molar-refractivity contribution in [2.45, 2.75) is 61.2 Å². The Morgan fingerprint density at radius 1 is 1.30 bits per heavy atom. The number of likely N-dealkylation sites (N-methyl/N-ethyl adjacent to an activating group) is 1. The molecule has 1 spiro atoms. The van der Waals surface area contributed by atoms with Gasteiger partial charge in [-0.2, -0.15) is 0 Å². The van der Waals surface area contributed by atoms with Gasteiger partial charge in [-0.25, -0.2) is 0 Å². The number of amides is 1. The highest BCUT2D eigenvalue weighted by molar-refractivity contribution is 5.92. The molecule has 7 nitrogen and oxygen atoms in total. The number of likely N-dealkylation sites (tertiary alicyclic amines) is 1. The number of nitrogens with zero attached hydrogens (tertiary/aromatic N) is 2. The summed E-state index contributed by atoms with van der Waals surface area (Å²) in [7, 11) is 1.67. The van der Waals surface area contributed by atoms with Gasteiger partial charge >= 0.3 is 6.36 Å². The number of carbonyl (C=O) groups is 1. The van der Waals surface area contributed by atoms with E-state index in [2.05, 4.69) is 16.2 Å². The predicted octanol–water partition coefficient (Wildman–Crippen LogP) is 4.17. The number of phenols is 1. The topological polar surface area (TPSA) is 82.5 Å². The molecule has 212 valence electrons. The van der Waals surface area contributed by atoms with Crippen molar-refractivity contribution >= 4 is 12.0 Å². The molecule has 2 bridgehead atoms. The van der Waals surface area contributed by atoms with Crippen molar-refractivity contribution in [2.75, 3.05) is 20.1 Å². The Kier molecular flexibility index (Phi) is 6.19. The second kappa shape index (κ2) is 9.27. The van der Waals surface area contributed by atoms with E-state index in [-0.39, 0.29) is 23.4 Å². The lowest BCUT2D eigenvalue weighted by atomic mass is 9.48. The first kappa shape index (κ1) is 26.7. The molecular formula is C30H31F3N2O5. The van der Waals surface area contributed by atoms with Crippen molar-refractivity contribution in [3.05, 3.63) is 71.8 Å². The van der Waals surface area contributed by atoms with Crippen LogP contribution < -0.4 is 9.47 Å². The molecule has 2 fully saturated rings. The zero-order chi connectivity index (χ0) is 28.4. The summed E-state index contributed by atoms with van der Waals surface area (Å²) in [6.45, 7) is 5.26. The lowest BCUT2D eigenvalue weighted by Gasteiger charge is -2.64. The van der Waals surface area contributed by atoms with E-state index >= 15 is 0 Å². The first-order valence-electron chi connectivity index (χ1n) is 13.4. The zero-order valence-electron chi connectivity index (χ0n) is 22.0. The summed E-state index contributed by atoms with van der Waals surface area (Å²) in [5.74, 6) is -0.315. The van der Waals surface area contributed by atoms with E-state index in [9.17, 15) is 28.2 Å². The highest BCUT2D eigenvalue weighted by Gasteiger charge is 2.73. The molecule has 0 aromatic heterocycles. The molecule has 10 heteroatoms. The third kappa shape index (κ3) is 3.91. The minimum absolute atomic E-state index is 0.0189. The number of aliphatic hydroxyl groups is 1. The first-order chi connectivity index (χ1) is 19.0. The number of carbonyl (C=O) groups excluding carboxylic acids is 1. The second-order valence-corrected chi connectivity index (χ2v) is 11.1. The summed E-state index contributed by atoms with van der Waals surface area (Å²) in [4.78, 5) is 17.2. The molecule has 2 aliphatic heterocycles. The summed E-state index contributed by atoms with van der Waals surface area (Å²) >= 11 is 0. The van der Waals surface area contributed by atoms with Gasteiger partial charge in [-0.3, -0.25) is 9.69 Å². The Morgan fingerprint density at radius 2 is 2.10 bits per heavy atom. The van der Waals surface area contributed by atoms with E-state index in [1.807, 2.05) is 12.1 Å². The number of aromatic hydroxyl groups is 1. The molecular weight excluding hydrogens is 525 g/mol. The number of halogens is 3. The fourth-order valence-corrected chi connectivity index (χ4v) is 7.65. The predicted molar refractivity (Wildman–Crippen MR) is 141 cm³/mol. The standard InChI is InChI=1S/C30H31F3N2O5/c1-3-14-35-15-13-28-25-19-8-9-22(36)26(25)39-27(28)21(11-12-29(28,38)23(35)17-19)34(2)24(37)10-7-18-5-4-6-20(16-18)40-30(31,32)33/h3-10,16,21,23,27,36,38H,1,11-15,17H2,2H3/b10-7+/t21?,23-,27?,28+,29-/m1/s1. The highest BCUT2D eigenvalue weighted by Crippen LogP contribution is 2.65. The fourth-order valence-electron chi connectivity index (χ4n) is 7.65. The van der Waals surface area contributed by atoms with Gasteiger partial charge in [0.15, 0.2) is 11.5 Å². The average molecular weight is 557 g/mol. The largest absolute Gasteiger partial charge is 0.573 e. The van der Waals surface area contributed by atoms with Crippen molar-refractivity contribution in [3.63, 3.8) is 0 Å². The smallest absolute Gasteiger partial charge is 0.504 e. The molecule has 2 unspecified atom stereocenters. The third-order valence-electron chi connectivity index (χ3n) is 9.26. The number of phenolic OH excluding ortho intramolecular Hbond substituents is 1. The van der Waals surface area contributed by atoms with Gasteiger partial charge in [0.05, 0.1) is 17.1 Å². The minimum atomic E-state index is -4.81. The zero-order valence-corrected chi connectivity index (χ0v) is 22.0. The van der Waals surface area contributed by atoms with Gasteiger partial charge in [0.1, 0.15) is 11.9 Å². The number of hydrogen-bond acceptors (Lipinski definition) is 6. The van der Waals surface area contributed by atoms with Crippen LogP contribution >= 0.6 is 0 Å². The van der Waals surface area contributed by atoms with Crippen molar-refractivity contribution in [1.82, 2.24) is 9.80 Å². The quantitative estimate of drug-likeness (QED) is 0.411. The van der Waals surface area contributed by atoms with Gasteiger partial charge in [-0.05, 0) is 67.6 Å². The van der Waals surface area contributed by atoms with Crippen LogP contribution in [0.25, 0.3) is 6.08 Å². The molecule has 0 radical (unpaired) electrons. The maximum absolute atomic E-state index is 13.3. The van der Waals surface area contributed by atoms with Crippen molar-refractivity contribution < 1.29 is 37.7 Å². The number of rotatable bonds is 6. The molecule has 5 atom stereocenters. The molecule has 1 amide bonds. The average Bonchev–Trinajstić information content (AvgIpc) is 3.25. The van der Waals surface area contributed by atoms with Gasteiger partial charge in [0, 0.05) is 31.3 Å². The van der Waals surface area contributed by atoms with Crippen LogP contribution in [0.3, 0.4) is 0 Å². The lowest BCUT2D eigenvalue weighted by molar-refractivity contribution is -0.274. The van der Waals surface area contributed by atoms with Gasteiger partial charge in [-0.15, -0.1) is 19.8 Å². The van der Waals surface area contributed by atoms with Crippen LogP contribution in [0.5, 0.6) is 17.2 Å². The summed E-state index contributed by atoms with van der Waals surface area (Å²) in [5, 5.41) is 23.2. The van der Waals surface area contributed by atoms with Gasteiger partial charge in [-0.1, -0.05) is 24.3 Å². The van der Waals surface area contributed by atoms with Crippen LogP contribution in [0.1, 0.15) is 36.0 Å². The Morgan fingerprint density at radius 3 is 2.85 bits per heavy atom. The molecule has 2 aromatic carbocycles. The Labute approximate surface area is 230 Å². The van der Waals surface area contributed by atoms with Crippen LogP contribution in [-0.2, 0) is 16.6 Å². The molecule has 4 aliphatic rings. The Hall–Kier alpha value is -3.50. The van der Waals surface area contributed by atoms with E-state index in [1.165, 1.54) is 30.4 Å². The number of ether oxygens (including phenoxy) is 2. The van der Waals surface area contributed by atoms with E-state index in [1.54, 1.807) is 24.1 Å². The number of piperidine rings is 1. The molecule has 2 aliphatic carbocycles. The first-order valence-corrected chi connectivity index (χ1v) is 13.4. The third-order valence-corrected chi connectivity index (χ3v) is 9.26. The number of alkyl halides is 3. The van der Waals surface area contributed by atoms with Gasteiger partial charge < -0.3 is 24.6 Å². The summed E-state index contributed by atoms with van der Waals surface area (Å²) in [5.41, 5.74) is 0.372. The van der Waals surface area contributed by atoms with Crippen molar-refractivity contribution in [1.29, 1.82) is 0 Å². The molecule has 2 aromatic rings. The molecule has 2 N–H and O–H groups in total. The summed E-state index contributed by atoms with van der Waals surface area (Å²) in [6, 6.07) is 8.37. The van der Waals surface area contributed by atoms with Crippen LogP contribution in [0, 0.1) is 0 Å². The second-order valence-electron chi connectivity index (χ2n) is 11.1. The van der Waals surface area contributed by atoms with Crippen LogP contribution in [0.4, 0.5) is 13.2 Å². The number of benzene rings is 2. The maximum Gasteiger partial charge on any atom is 0.573 e. The van der Waals surface area contributed by atoms with Crippen molar-refractivity contribution in [3.8, 4) is 17.2 Å². The minimum Gasteiger partial charge on any atom is -0.504 e. The van der Waals surface area contributed by atoms with E-state index < -0.39 is 29.5 Å². The van der Waals surface area contributed by atoms with Crippen LogP contribution in [-0.4, -0.2) is 76.2 Å².